The molecule has 0 aliphatic rings. The number of carbonyl (C=O) groups is 1. The Morgan fingerprint density at radius 3 is 1.53 bits per heavy atom. The second kappa shape index (κ2) is 8.12. The van der Waals surface area contributed by atoms with Gasteiger partial charge in [-0.05, 0) is 34.6 Å². The van der Waals surface area contributed by atoms with Crippen molar-refractivity contribution in [2.45, 2.75) is 58.4 Å². The van der Waals surface area contributed by atoms with E-state index < -0.39 is 5.97 Å². The lowest BCUT2D eigenvalue weighted by atomic mass is 10.4. The van der Waals surface area contributed by atoms with E-state index in [0.717, 1.165) is 23.2 Å². The Morgan fingerprint density at radius 2 is 1.40 bits per heavy atom. The highest BCUT2D eigenvalue weighted by Gasteiger charge is 2.21. The molecule has 0 rings (SSSR count). The van der Waals surface area contributed by atoms with Crippen LogP contribution < -0.4 is 0 Å². The zero-order valence-corrected chi connectivity index (χ0v) is 12.8. The maximum Gasteiger partial charge on any atom is 0.307 e. The van der Waals surface area contributed by atoms with Crippen LogP contribution in [0.5, 0.6) is 0 Å². The molecule has 4 nitrogen and oxygen atoms in total. The molecule has 0 aliphatic heterocycles. The van der Waals surface area contributed by atoms with Crippen molar-refractivity contribution in [2.24, 2.45) is 0 Å². The minimum Gasteiger partial charge on any atom is -0.481 e. The van der Waals surface area contributed by atoms with Crippen LogP contribution in [0.15, 0.2) is 0 Å². The van der Waals surface area contributed by atoms with E-state index in [2.05, 4.69) is 0 Å². The smallest absolute Gasteiger partial charge is 0.307 e. The molecule has 0 heterocycles. The predicted octanol–water partition coefficient (Wildman–Crippen LogP) is 1.23. The standard InChI is InChI=1S/C8H17O2.C2H4O2.Al.2H/c1-6(2)9-8(5)10-7(3)4;1-2(3)4;;;/h6-7H,1-5H3;1H3,(H,3,4);;;. The van der Waals surface area contributed by atoms with Crippen molar-refractivity contribution in [1.29, 1.82) is 0 Å². The molecule has 0 fully saturated rings. The van der Waals surface area contributed by atoms with Gasteiger partial charge in [-0.25, -0.2) is 0 Å². The van der Waals surface area contributed by atoms with Crippen molar-refractivity contribution < 1.29 is 19.4 Å². The van der Waals surface area contributed by atoms with Crippen LogP contribution in [0.1, 0.15) is 41.5 Å². The van der Waals surface area contributed by atoms with Gasteiger partial charge in [0.2, 0.25) is 0 Å². The van der Waals surface area contributed by atoms with Gasteiger partial charge in [0.1, 0.15) is 0 Å². The Bertz CT molecular complexity index is 162. The third-order valence-corrected chi connectivity index (χ3v) is 1.51. The molecule has 15 heavy (non-hydrogen) atoms. The molecule has 0 unspecified atom stereocenters. The Kier molecular flexibility index (Phi) is 9.37. The zero-order chi connectivity index (χ0) is 12.6. The molecule has 0 radical (unpaired) electrons. The van der Waals surface area contributed by atoms with Gasteiger partial charge in [0.05, 0.1) is 16.9 Å². The quantitative estimate of drug-likeness (QED) is 0.587. The summed E-state index contributed by atoms with van der Waals surface area (Å²) in [7, 11) is 0. The summed E-state index contributed by atoms with van der Waals surface area (Å²) in [5.41, 5.74) is 0. The number of hydrogen-bond acceptors (Lipinski definition) is 3. The van der Waals surface area contributed by atoms with Gasteiger partial charge in [-0.2, -0.15) is 0 Å². The normalized spacial score (nSPS) is 11.2. The number of ether oxygens (including phenoxy) is 2. The van der Waals surface area contributed by atoms with Crippen LogP contribution in [-0.4, -0.2) is 44.2 Å². The first kappa shape index (κ1) is 17.3. The van der Waals surface area contributed by atoms with Crippen molar-refractivity contribution in [3.8, 4) is 0 Å². The van der Waals surface area contributed by atoms with Gasteiger partial charge in [-0.1, -0.05) is 0 Å². The van der Waals surface area contributed by atoms with E-state index in [-0.39, 0.29) is 16.9 Å². The molecule has 0 amide bonds. The first-order valence-electron chi connectivity index (χ1n) is 5.12. The Balaban J connectivity index is 0. The summed E-state index contributed by atoms with van der Waals surface area (Å²) < 4.78 is 10.9. The maximum absolute atomic E-state index is 9.00. The molecule has 0 saturated carbocycles. The minimum atomic E-state index is -0.833. The van der Waals surface area contributed by atoms with Crippen LogP contribution in [0.3, 0.4) is 0 Å². The average molecular weight is 234 g/mol. The van der Waals surface area contributed by atoms with E-state index in [0.29, 0.717) is 0 Å². The van der Waals surface area contributed by atoms with Crippen molar-refractivity contribution >= 4 is 22.3 Å². The summed E-state index contributed by atoms with van der Waals surface area (Å²) in [5.74, 6) is -0.833. The first-order chi connectivity index (χ1) is 6.57. The molecule has 0 atom stereocenters. The lowest BCUT2D eigenvalue weighted by Gasteiger charge is -2.31. The van der Waals surface area contributed by atoms with Crippen molar-refractivity contribution in [3.05, 3.63) is 0 Å². The highest BCUT2D eigenvalue weighted by molar-refractivity contribution is 6.13. The monoisotopic (exact) mass is 234 g/mol. The Morgan fingerprint density at radius 1 is 1.20 bits per heavy atom. The van der Waals surface area contributed by atoms with Gasteiger partial charge >= 0.3 is 16.3 Å². The van der Waals surface area contributed by atoms with Gasteiger partial charge in [-0.3, -0.25) is 4.79 Å². The van der Waals surface area contributed by atoms with E-state index in [4.69, 9.17) is 19.4 Å². The number of carboxylic acids is 1. The van der Waals surface area contributed by atoms with Crippen molar-refractivity contribution in [2.75, 3.05) is 0 Å². The number of rotatable bonds is 4. The molecule has 0 aromatic carbocycles. The fourth-order valence-electron chi connectivity index (χ4n) is 1.16. The summed E-state index contributed by atoms with van der Waals surface area (Å²) in [6, 6.07) is 0. The van der Waals surface area contributed by atoms with Crippen molar-refractivity contribution in [3.63, 3.8) is 0 Å². The zero-order valence-electron chi connectivity index (χ0n) is 10.8. The van der Waals surface area contributed by atoms with E-state index in [9.17, 15) is 0 Å². The summed E-state index contributed by atoms with van der Waals surface area (Å²) in [4.78, 5) is 9.00. The van der Waals surface area contributed by atoms with Crippen LogP contribution in [0.2, 0.25) is 0 Å². The van der Waals surface area contributed by atoms with E-state index >= 15 is 0 Å². The molecule has 5 heteroatoms. The lowest BCUT2D eigenvalue weighted by molar-refractivity contribution is -0.203. The topological polar surface area (TPSA) is 55.8 Å². The summed E-state index contributed by atoms with van der Waals surface area (Å²) in [6.45, 7) is 11.2. The number of hydrogen-bond donors (Lipinski definition) is 1. The second-order valence-corrected chi connectivity index (χ2v) is 6.07. The summed E-state index contributed by atoms with van der Waals surface area (Å²) in [5, 5.41) is 7.42. The molecule has 1 N–H and O–H groups in total. The molecule has 0 saturated heterocycles. The molecular weight excluding hydrogens is 211 g/mol. The van der Waals surface area contributed by atoms with Crippen LogP contribution in [0, 0.1) is 0 Å². The molecule has 0 aromatic heterocycles. The van der Waals surface area contributed by atoms with E-state index in [1.165, 1.54) is 0 Å². The highest BCUT2D eigenvalue weighted by atomic mass is 27.0. The van der Waals surface area contributed by atoms with Gasteiger partial charge in [0, 0.05) is 6.92 Å². The van der Waals surface area contributed by atoms with Gasteiger partial charge in [0.15, 0.2) is 0 Å². The van der Waals surface area contributed by atoms with Gasteiger partial charge in [-0.15, -0.1) is 0 Å². The average Bonchev–Trinajstić information content (AvgIpc) is 1.75. The van der Waals surface area contributed by atoms with Crippen LogP contribution >= 0.6 is 0 Å². The summed E-state index contributed by atoms with van der Waals surface area (Å²) >= 11 is 0.900. The Labute approximate surface area is 100 Å². The molecule has 0 aliphatic carbocycles. The van der Waals surface area contributed by atoms with Crippen molar-refractivity contribution in [1.82, 2.24) is 0 Å². The van der Waals surface area contributed by atoms with E-state index in [1.54, 1.807) is 0 Å². The third-order valence-electron chi connectivity index (χ3n) is 1.04. The van der Waals surface area contributed by atoms with Gasteiger partial charge in [0.25, 0.3) is 5.97 Å². The first-order valence-corrected chi connectivity index (χ1v) is 6.12. The molecule has 90 valence electrons. The fraction of sp³-hybridized carbons (Fsp3) is 0.900. The van der Waals surface area contributed by atoms with E-state index in [1.807, 2.05) is 34.6 Å². The summed E-state index contributed by atoms with van der Waals surface area (Å²) in [6.07, 6.45) is 0.493. The van der Waals surface area contributed by atoms with Crippen LogP contribution in [0.4, 0.5) is 0 Å². The van der Waals surface area contributed by atoms with Gasteiger partial charge < -0.3 is 14.6 Å². The second-order valence-electron chi connectivity index (χ2n) is 4.25. The molecular formula is C10H23AlO4. The fourth-order valence-corrected chi connectivity index (χ4v) is 2.11. The maximum atomic E-state index is 9.00. The molecule has 0 bridgehead atoms. The number of carboxylic acid groups (broad SMARTS) is 1. The largest absolute Gasteiger partial charge is 0.481 e. The molecule has 0 spiro atoms. The molecule has 0 aromatic rings. The minimum absolute atomic E-state index is 0.247. The van der Waals surface area contributed by atoms with Crippen LogP contribution in [0.25, 0.3) is 0 Å². The lowest BCUT2D eigenvalue weighted by Crippen LogP contribution is -2.37. The van der Waals surface area contributed by atoms with Crippen LogP contribution in [-0.2, 0) is 14.3 Å². The predicted molar refractivity (Wildman–Crippen MR) is 62.7 cm³/mol. The Hall–Kier alpha value is -0.0775. The number of aliphatic carboxylic acids is 1. The highest BCUT2D eigenvalue weighted by Crippen LogP contribution is 2.12. The SMILES string of the molecule is CC(=O)O.CC(C)O[C](C)([AlH2])OC(C)C. The third kappa shape index (κ3) is 20.1.